The molecule has 6 nitrogen and oxygen atoms in total. The van der Waals surface area contributed by atoms with Crippen LogP contribution in [0, 0.1) is 5.82 Å². The van der Waals surface area contributed by atoms with Gasteiger partial charge in [-0.3, -0.25) is 4.90 Å². The Morgan fingerprint density at radius 1 is 1.28 bits per heavy atom. The first-order chi connectivity index (χ1) is 11.8. The van der Waals surface area contributed by atoms with Gasteiger partial charge < -0.3 is 10.1 Å². The highest BCUT2D eigenvalue weighted by Gasteiger charge is 2.34. The molecule has 1 amide bonds. The third-order valence-corrected chi connectivity index (χ3v) is 4.54. The molecule has 1 aromatic carbocycles. The number of rotatable bonds is 3. The molecule has 0 bridgehead atoms. The summed E-state index contributed by atoms with van der Waals surface area (Å²) in [4.78, 5) is 14.2. The van der Waals surface area contributed by atoms with Crippen LogP contribution in [0.25, 0.3) is 0 Å². The van der Waals surface area contributed by atoms with Crippen molar-refractivity contribution in [2.45, 2.75) is 57.5 Å². The minimum Gasteiger partial charge on any atom is -0.444 e. The molecule has 0 aromatic heterocycles. The van der Waals surface area contributed by atoms with Gasteiger partial charge in [0.1, 0.15) is 11.4 Å². The van der Waals surface area contributed by atoms with Gasteiger partial charge in [0, 0.05) is 25.2 Å². The number of ether oxygens (including phenoxy) is 1. The Balaban J connectivity index is 1.48. The predicted molar refractivity (Wildman–Crippen MR) is 93.2 cm³/mol. The third kappa shape index (κ3) is 4.90. The highest BCUT2D eigenvalue weighted by molar-refractivity contribution is 5.68. The van der Waals surface area contributed by atoms with E-state index in [9.17, 15) is 9.18 Å². The van der Waals surface area contributed by atoms with E-state index in [1.165, 1.54) is 12.1 Å². The number of likely N-dealkylation sites (tertiary alicyclic amines) is 1. The summed E-state index contributed by atoms with van der Waals surface area (Å²) < 4.78 is 18.4. The van der Waals surface area contributed by atoms with Gasteiger partial charge in [-0.05, 0) is 51.3 Å². The number of amides is 1. The minimum atomic E-state index is -0.484. The maximum absolute atomic E-state index is 13.1. The van der Waals surface area contributed by atoms with Crippen LogP contribution < -0.4 is 16.2 Å². The molecule has 3 unspecified atom stereocenters. The number of benzene rings is 1. The molecular weight excluding hydrogens is 323 g/mol. The van der Waals surface area contributed by atoms with E-state index in [0.29, 0.717) is 0 Å². The lowest BCUT2D eigenvalue weighted by atomic mass is 10.0. The lowest BCUT2D eigenvalue weighted by Gasteiger charge is -2.24. The predicted octanol–water partition coefficient (Wildman–Crippen LogP) is 2.29. The van der Waals surface area contributed by atoms with Gasteiger partial charge in [-0.15, -0.1) is 0 Å². The van der Waals surface area contributed by atoms with E-state index in [1.54, 1.807) is 0 Å². The lowest BCUT2D eigenvalue weighted by Crippen LogP contribution is -2.46. The van der Waals surface area contributed by atoms with Gasteiger partial charge in [0.25, 0.3) is 0 Å². The van der Waals surface area contributed by atoms with Crippen molar-refractivity contribution >= 4 is 6.09 Å². The zero-order chi connectivity index (χ0) is 18.0. The van der Waals surface area contributed by atoms with E-state index in [1.807, 2.05) is 32.9 Å². The summed E-state index contributed by atoms with van der Waals surface area (Å²) in [6.07, 6.45) is 1.63. The summed E-state index contributed by atoms with van der Waals surface area (Å²) in [6, 6.07) is 6.86. The molecule has 0 saturated carbocycles. The Morgan fingerprint density at radius 2 is 2.00 bits per heavy atom. The SMILES string of the molecule is CC(C)(C)OC(=O)NC1CCN(C2CC(c3ccc(F)cc3)NN2)C1. The number of nitrogens with zero attached hydrogens (tertiary/aromatic N) is 1. The van der Waals surface area contributed by atoms with E-state index in [0.717, 1.165) is 31.5 Å². The van der Waals surface area contributed by atoms with E-state index in [2.05, 4.69) is 21.1 Å². The van der Waals surface area contributed by atoms with Crippen LogP contribution >= 0.6 is 0 Å². The number of halogens is 1. The summed E-state index contributed by atoms with van der Waals surface area (Å²) in [7, 11) is 0. The Bertz CT molecular complexity index is 602. The molecule has 3 atom stereocenters. The second kappa shape index (κ2) is 7.27. The number of nitrogens with one attached hydrogen (secondary N) is 3. The summed E-state index contributed by atoms with van der Waals surface area (Å²) in [6.45, 7) is 7.27. The van der Waals surface area contributed by atoms with Crippen LogP contribution in [0.2, 0.25) is 0 Å². The molecule has 138 valence electrons. The van der Waals surface area contributed by atoms with Gasteiger partial charge in [-0.25, -0.2) is 20.0 Å². The molecule has 25 heavy (non-hydrogen) atoms. The highest BCUT2D eigenvalue weighted by atomic mass is 19.1. The Labute approximate surface area is 148 Å². The van der Waals surface area contributed by atoms with Crippen LogP contribution in [-0.4, -0.2) is 41.9 Å². The first-order valence-electron chi connectivity index (χ1n) is 8.80. The number of hydrogen-bond donors (Lipinski definition) is 3. The average Bonchev–Trinajstić information content (AvgIpc) is 3.15. The summed E-state index contributed by atoms with van der Waals surface area (Å²) in [5.74, 6) is -0.221. The number of hydrogen-bond acceptors (Lipinski definition) is 5. The molecule has 7 heteroatoms. The molecule has 2 aliphatic rings. The van der Waals surface area contributed by atoms with E-state index >= 15 is 0 Å². The number of carbonyl (C=O) groups is 1. The molecule has 1 aromatic rings. The largest absolute Gasteiger partial charge is 0.444 e. The number of alkyl carbamates (subject to hydrolysis) is 1. The van der Waals surface area contributed by atoms with Crippen molar-refractivity contribution in [2.24, 2.45) is 0 Å². The van der Waals surface area contributed by atoms with Crippen LogP contribution in [0.4, 0.5) is 9.18 Å². The maximum atomic E-state index is 13.1. The Kier molecular flexibility index (Phi) is 5.27. The van der Waals surface area contributed by atoms with Crippen LogP contribution in [0.3, 0.4) is 0 Å². The van der Waals surface area contributed by atoms with E-state index < -0.39 is 5.60 Å². The van der Waals surface area contributed by atoms with Gasteiger partial charge >= 0.3 is 6.09 Å². The standard InChI is InChI=1S/C18H27FN4O2/c1-18(2,3)25-17(24)20-14-8-9-23(11-14)16-10-15(21-22-16)12-4-6-13(19)7-5-12/h4-7,14-16,21-22H,8-11H2,1-3H3,(H,20,24). The van der Waals surface area contributed by atoms with Crippen molar-refractivity contribution in [2.75, 3.05) is 13.1 Å². The Morgan fingerprint density at radius 3 is 2.68 bits per heavy atom. The molecule has 3 rings (SSSR count). The molecule has 0 aliphatic carbocycles. The van der Waals surface area contributed by atoms with Gasteiger partial charge in [-0.1, -0.05) is 12.1 Å². The van der Waals surface area contributed by atoms with Crippen molar-refractivity contribution in [1.29, 1.82) is 0 Å². The fraction of sp³-hybridized carbons (Fsp3) is 0.611. The highest BCUT2D eigenvalue weighted by Crippen LogP contribution is 2.26. The molecule has 2 saturated heterocycles. The zero-order valence-electron chi connectivity index (χ0n) is 15.0. The third-order valence-electron chi connectivity index (χ3n) is 4.54. The van der Waals surface area contributed by atoms with E-state index in [-0.39, 0.29) is 30.2 Å². The first kappa shape index (κ1) is 18.1. The van der Waals surface area contributed by atoms with Gasteiger partial charge in [0.15, 0.2) is 0 Å². The molecule has 2 fully saturated rings. The Hall–Kier alpha value is -1.70. The smallest absolute Gasteiger partial charge is 0.407 e. The van der Waals surface area contributed by atoms with Crippen molar-refractivity contribution in [3.05, 3.63) is 35.6 Å². The van der Waals surface area contributed by atoms with Crippen LogP contribution in [-0.2, 0) is 4.74 Å². The number of hydrazine groups is 1. The summed E-state index contributed by atoms with van der Waals surface area (Å²) in [5, 5.41) is 2.95. The minimum absolute atomic E-state index is 0.0986. The monoisotopic (exact) mass is 350 g/mol. The fourth-order valence-electron chi connectivity index (χ4n) is 3.36. The van der Waals surface area contributed by atoms with Crippen LogP contribution in [0.1, 0.15) is 45.2 Å². The van der Waals surface area contributed by atoms with Crippen molar-refractivity contribution in [1.82, 2.24) is 21.1 Å². The molecular formula is C18H27FN4O2. The van der Waals surface area contributed by atoms with Gasteiger partial charge in [-0.2, -0.15) is 0 Å². The van der Waals surface area contributed by atoms with Gasteiger partial charge in [0.05, 0.1) is 6.17 Å². The summed E-state index contributed by atoms with van der Waals surface area (Å²) in [5.41, 5.74) is 7.18. The zero-order valence-corrected chi connectivity index (χ0v) is 15.0. The van der Waals surface area contributed by atoms with Crippen molar-refractivity contribution in [3.8, 4) is 0 Å². The molecule has 2 aliphatic heterocycles. The second-order valence-corrected chi connectivity index (χ2v) is 7.77. The molecule has 0 radical (unpaired) electrons. The van der Waals surface area contributed by atoms with E-state index in [4.69, 9.17) is 4.74 Å². The summed E-state index contributed by atoms with van der Waals surface area (Å²) >= 11 is 0. The van der Waals surface area contributed by atoms with Crippen LogP contribution in [0.15, 0.2) is 24.3 Å². The fourth-order valence-corrected chi connectivity index (χ4v) is 3.36. The second-order valence-electron chi connectivity index (χ2n) is 7.77. The maximum Gasteiger partial charge on any atom is 0.407 e. The molecule has 3 N–H and O–H groups in total. The number of carbonyl (C=O) groups excluding carboxylic acids is 1. The van der Waals surface area contributed by atoms with Crippen LogP contribution in [0.5, 0.6) is 0 Å². The quantitative estimate of drug-likeness (QED) is 0.781. The molecule has 2 heterocycles. The molecule has 0 spiro atoms. The van der Waals surface area contributed by atoms with Crippen molar-refractivity contribution < 1.29 is 13.9 Å². The normalized spacial score (nSPS) is 27.4. The lowest BCUT2D eigenvalue weighted by molar-refractivity contribution is 0.0504. The van der Waals surface area contributed by atoms with Crippen molar-refractivity contribution in [3.63, 3.8) is 0 Å². The topological polar surface area (TPSA) is 65.6 Å². The van der Waals surface area contributed by atoms with Gasteiger partial charge in [0.2, 0.25) is 0 Å². The average molecular weight is 350 g/mol. The first-order valence-corrected chi connectivity index (χ1v) is 8.80.